The number of anilines is 3. The van der Waals surface area contributed by atoms with Crippen LogP contribution in [0.5, 0.6) is 0 Å². The second kappa shape index (κ2) is 12.4. The van der Waals surface area contributed by atoms with Crippen LogP contribution in [0.2, 0.25) is 0 Å². The van der Waals surface area contributed by atoms with Gasteiger partial charge in [-0.05, 0) is 51.0 Å². The number of carbonyl (C=O) groups is 1. The van der Waals surface area contributed by atoms with Gasteiger partial charge < -0.3 is 26.0 Å². The van der Waals surface area contributed by atoms with Gasteiger partial charge in [0.1, 0.15) is 5.82 Å². The number of halogens is 3. The number of nitrogens with zero attached hydrogens (tertiary/aromatic N) is 3. The van der Waals surface area contributed by atoms with Crippen LogP contribution in [-0.2, 0) is 11.2 Å². The molecule has 2 fully saturated rings. The summed E-state index contributed by atoms with van der Waals surface area (Å²) in [6.07, 6.45) is 2.50. The zero-order valence-corrected chi connectivity index (χ0v) is 20.9. The van der Waals surface area contributed by atoms with Gasteiger partial charge in [-0.15, -0.1) is 0 Å². The molecule has 2 aromatic rings. The van der Waals surface area contributed by atoms with Gasteiger partial charge in [-0.3, -0.25) is 5.10 Å². The van der Waals surface area contributed by atoms with Gasteiger partial charge in [0.2, 0.25) is 5.95 Å². The molecule has 37 heavy (non-hydrogen) atoms. The second-order valence-corrected chi connectivity index (χ2v) is 9.82. The van der Waals surface area contributed by atoms with Crippen LogP contribution in [0.4, 0.5) is 35.5 Å². The van der Waals surface area contributed by atoms with E-state index in [9.17, 15) is 18.0 Å². The van der Waals surface area contributed by atoms with Crippen molar-refractivity contribution in [3.05, 3.63) is 24.0 Å². The molecular weight excluding hydrogens is 489 g/mol. The Morgan fingerprint density at radius 2 is 1.84 bits per heavy atom. The predicted octanol–water partition coefficient (Wildman–Crippen LogP) is 4.28. The topological polar surface area (TPSA) is 129 Å². The fourth-order valence-electron chi connectivity index (χ4n) is 4.99. The third-order valence-corrected chi connectivity index (χ3v) is 6.99. The fourth-order valence-corrected chi connectivity index (χ4v) is 4.99. The molecule has 2 aromatic heterocycles. The number of hydrogen-bond acceptors (Lipinski definition) is 7. The summed E-state index contributed by atoms with van der Waals surface area (Å²) in [5.41, 5.74) is 0.958. The van der Waals surface area contributed by atoms with Crippen molar-refractivity contribution in [3.8, 4) is 0 Å². The van der Waals surface area contributed by atoms with Crippen LogP contribution in [0, 0.1) is 5.92 Å². The van der Waals surface area contributed by atoms with Gasteiger partial charge in [0.25, 0.3) is 0 Å². The average Bonchev–Trinajstić information content (AvgIpc) is 3.31. The highest BCUT2D eigenvalue weighted by atomic mass is 19.4. The number of urea groups is 1. The number of hydrogen-bond donors (Lipinski definition) is 5. The molecule has 0 saturated heterocycles. The third-order valence-electron chi connectivity index (χ3n) is 6.99. The van der Waals surface area contributed by atoms with E-state index >= 15 is 0 Å². The zero-order valence-electron chi connectivity index (χ0n) is 20.9. The van der Waals surface area contributed by atoms with Crippen LogP contribution >= 0.6 is 0 Å². The van der Waals surface area contributed by atoms with E-state index in [-0.39, 0.29) is 31.0 Å². The monoisotopic (exact) mass is 524 g/mol. The van der Waals surface area contributed by atoms with E-state index < -0.39 is 18.1 Å². The van der Waals surface area contributed by atoms with Crippen LogP contribution < -0.4 is 21.3 Å². The summed E-state index contributed by atoms with van der Waals surface area (Å²) in [5, 5.41) is 19.4. The second-order valence-electron chi connectivity index (χ2n) is 9.82. The minimum absolute atomic E-state index is 0.0130. The summed E-state index contributed by atoms with van der Waals surface area (Å²) in [6, 6.07) is 3.00. The van der Waals surface area contributed by atoms with Crippen molar-refractivity contribution < 1.29 is 22.7 Å². The number of ether oxygens (including phenoxy) is 1. The molecule has 2 saturated carbocycles. The van der Waals surface area contributed by atoms with Crippen LogP contribution in [-0.4, -0.2) is 64.2 Å². The lowest BCUT2D eigenvalue weighted by Crippen LogP contribution is -2.49. The molecule has 2 atom stereocenters. The SMILES string of the molecule is COCCc1cc(Nc2ccnc(NC3CCC(NC(=O)N[C@@H]4CCC[C@H](C(F)(F)F)C4)CC3)n2)n[nH]1. The highest BCUT2D eigenvalue weighted by Gasteiger charge is 2.42. The number of amides is 2. The molecule has 2 amide bonds. The minimum atomic E-state index is -4.20. The van der Waals surface area contributed by atoms with Crippen LogP contribution in [0.25, 0.3) is 0 Å². The number of carbonyl (C=O) groups excluding carboxylic acids is 1. The highest BCUT2D eigenvalue weighted by molar-refractivity contribution is 5.74. The molecule has 0 unspecified atom stereocenters. The maximum Gasteiger partial charge on any atom is 0.391 e. The molecule has 204 valence electrons. The van der Waals surface area contributed by atoms with E-state index in [1.807, 2.05) is 6.07 Å². The Kier molecular flexibility index (Phi) is 9.06. The Balaban J connectivity index is 1.19. The van der Waals surface area contributed by atoms with Crippen molar-refractivity contribution in [3.63, 3.8) is 0 Å². The molecule has 0 bridgehead atoms. The lowest BCUT2D eigenvalue weighted by Gasteiger charge is -2.33. The summed E-state index contributed by atoms with van der Waals surface area (Å²) in [5.74, 6) is 0.444. The number of rotatable bonds is 9. The van der Waals surface area contributed by atoms with Crippen molar-refractivity contribution in [2.75, 3.05) is 24.4 Å². The number of aromatic nitrogens is 4. The molecule has 13 heteroatoms. The lowest BCUT2D eigenvalue weighted by atomic mass is 9.85. The van der Waals surface area contributed by atoms with E-state index in [1.165, 1.54) is 0 Å². The highest BCUT2D eigenvalue weighted by Crippen LogP contribution is 2.37. The van der Waals surface area contributed by atoms with E-state index in [2.05, 4.69) is 41.4 Å². The number of H-pyrrole nitrogens is 1. The summed E-state index contributed by atoms with van der Waals surface area (Å²) in [6.45, 7) is 0.606. The zero-order chi connectivity index (χ0) is 26.3. The summed E-state index contributed by atoms with van der Waals surface area (Å²) in [4.78, 5) is 21.2. The van der Waals surface area contributed by atoms with Crippen molar-refractivity contribution >= 4 is 23.6 Å². The Hall–Kier alpha value is -3.09. The van der Waals surface area contributed by atoms with E-state index in [4.69, 9.17) is 4.74 Å². The van der Waals surface area contributed by atoms with Crippen molar-refractivity contribution in [1.29, 1.82) is 0 Å². The van der Waals surface area contributed by atoms with Crippen molar-refractivity contribution in [2.24, 2.45) is 5.92 Å². The first-order chi connectivity index (χ1) is 17.8. The number of alkyl halides is 3. The molecule has 2 aliphatic carbocycles. The first-order valence-electron chi connectivity index (χ1n) is 12.8. The van der Waals surface area contributed by atoms with E-state index in [1.54, 1.807) is 19.4 Å². The lowest BCUT2D eigenvalue weighted by molar-refractivity contribution is -0.183. The molecule has 5 N–H and O–H groups in total. The first-order valence-corrected chi connectivity index (χ1v) is 12.8. The Morgan fingerprint density at radius 1 is 1.08 bits per heavy atom. The molecule has 2 aliphatic rings. The van der Waals surface area contributed by atoms with Crippen LogP contribution in [0.3, 0.4) is 0 Å². The molecular formula is C24H35F3N8O2. The number of methoxy groups -OCH3 is 1. The fraction of sp³-hybridized carbons (Fsp3) is 0.667. The van der Waals surface area contributed by atoms with E-state index in [0.29, 0.717) is 37.0 Å². The van der Waals surface area contributed by atoms with Gasteiger partial charge in [-0.1, -0.05) is 6.42 Å². The van der Waals surface area contributed by atoms with Gasteiger partial charge in [-0.25, -0.2) is 9.78 Å². The molecule has 0 spiro atoms. The maximum absolute atomic E-state index is 13.0. The normalized spacial score (nSPS) is 24.3. The molecule has 0 aliphatic heterocycles. The predicted molar refractivity (Wildman–Crippen MR) is 133 cm³/mol. The first kappa shape index (κ1) is 27.0. The van der Waals surface area contributed by atoms with Gasteiger partial charge in [-0.2, -0.15) is 23.3 Å². The Morgan fingerprint density at radius 3 is 2.59 bits per heavy atom. The number of aromatic amines is 1. The molecule has 10 nitrogen and oxygen atoms in total. The standard InChI is InChI=1S/C24H35F3N8O2/c1-37-12-10-19-14-21(35-34-19)32-20-9-11-28-22(33-20)29-16-5-7-17(8-6-16)30-23(36)31-18-4-2-3-15(13-18)24(25,26)27/h9,11,14-18H,2-8,10,12-13H2,1H3,(H2,30,31,36)(H3,28,29,32,33,34,35)/t15-,16?,17?,18+/m0/s1. The maximum atomic E-state index is 13.0. The molecule has 0 radical (unpaired) electrons. The van der Waals surface area contributed by atoms with Crippen molar-refractivity contribution in [2.45, 2.75) is 82.1 Å². The quantitative estimate of drug-likeness (QED) is 0.331. The summed E-state index contributed by atoms with van der Waals surface area (Å²) in [7, 11) is 1.65. The molecule has 4 rings (SSSR count). The largest absolute Gasteiger partial charge is 0.391 e. The van der Waals surface area contributed by atoms with Crippen LogP contribution in [0.15, 0.2) is 18.3 Å². The number of nitrogens with one attached hydrogen (secondary N) is 5. The Bertz CT molecular complexity index is 1010. The van der Waals surface area contributed by atoms with Gasteiger partial charge in [0.05, 0.1) is 12.5 Å². The summed E-state index contributed by atoms with van der Waals surface area (Å²) >= 11 is 0. The third kappa shape index (κ3) is 8.20. The van der Waals surface area contributed by atoms with Gasteiger partial charge in [0, 0.05) is 49.6 Å². The molecule has 0 aromatic carbocycles. The van der Waals surface area contributed by atoms with Gasteiger partial charge >= 0.3 is 12.2 Å². The van der Waals surface area contributed by atoms with Gasteiger partial charge in [0.15, 0.2) is 5.82 Å². The Labute approximate surface area is 213 Å². The van der Waals surface area contributed by atoms with E-state index in [0.717, 1.165) is 37.8 Å². The average molecular weight is 525 g/mol. The van der Waals surface area contributed by atoms with Crippen LogP contribution in [0.1, 0.15) is 57.1 Å². The van der Waals surface area contributed by atoms with Crippen molar-refractivity contribution in [1.82, 2.24) is 30.8 Å². The molecule has 2 heterocycles. The smallest absolute Gasteiger partial charge is 0.384 e. The minimum Gasteiger partial charge on any atom is -0.384 e. The summed E-state index contributed by atoms with van der Waals surface area (Å²) < 4.78 is 44.1.